The third-order valence-electron chi connectivity index (χ3n) is 7.44. The van der Waals surface area contributed by atoms with E-state index in [-0.39, 0.29) is 28.9 Å². The number of carbonyl (C=O) groups excluding carboxylic acids is 1. The summed E-state index contributed by atoms with van der Waals surface area (Å²) in [5.74, 6) is 0.0592. The summed E-state index contributed by atoms with van der Waals surface area (Å²) < 4.78 is 57.7. The van der Waals surface area contributed by atoms with Gasteiger partial charge in [0.05, 0.1) is 52.7 Å². The van der Waals surface area contributed by atoms with Gasteiger partial charge in [0.2, 0.25) is 0 Å². The Morgan fingerprint density at radius 3 is 2.76 bits per heavy atom. The molecule has 0 aliphatic carbocycles. The molecule has 0 unspecified atom stereocenters. The maximum Gasteiger partial charge on any atom is 0.416 e. The van der Waals surface area contributed by atoms with Crippen molar-refractivity contribution in [3.05, 3.63) is 59.4 Å². The predicted octanol–water partition coefficient (Wildman–Crippen LogP) is 6.37. The van der Waals surface area contributed by atoms with Crippen LogP contribution in [0.25, 0.3) is 11.3 Å². The van der Waals surface area contributed by atoms with Gasteiger partial charge in [0, 0.05) is 24.7 Å². The monoisotopic (exact) mass is 603 g/mol. The van der Waals surface area contributed by atoms with E-state index in [4.69, 9.17) is 25.8 Å². The van der Waals surface area contributed by atoms with Gasteiger partial charge in [-0.15, -0.1) is 0 Å². The number of alkyl halides is 3. The van der Waals surface area contributed by atoms with Crippen molar-refractivity contribution in [3.8, 4) is 17.0 Å². The summed E-state index contributed by atoms with van der Waals surface area (Å²) in [4.78, 5) is 26.2. The van der Waals surface area contributed by atoms with E-state index in [0.29, 0.717) is 49.1 Å². The quantitative estimate of drug-likeness (QED) is 0.363. The number of fused-ring (bicyclic) bond motifs is 4. The minimum atomic E-state index is -4.52. The van der Waals surface area contributed by atoms with E-state index in [0.717, 1.165) is 12.1 Å². The molecule has 1 aromatic carbocycles. The number of nitrogens with one attached hydrogen (secondary N) is 1. The SMILES string of the molecule is CC1(C)OC[C@](C)(COc2cncc(NC(=O)N3c4nc(-c5cccc(C(F)(F)F)c5)c(Cl)cc4N4CC[C@H]3C4)c2)O1. The summed E-state index contributed by atoms with van der Waals surface area (Å²) in [6.45, 7) is 7.43. The normalized spacial score (nSPS) is 22.7. The fraction of sp³-hybridized carbons (Fsp3) is 0.414. The zero-order valence-electron chi connectivity index (χ0n) is 23.2. The molecule has 42 heavy (non-hydrogen) atoms. The van der Waals surface area contributed by atoms with E-state index < -0.39 is 29.2 Å². The number of ether oxygens (including phenoxy) is 3. The van der Waals surface area contributed by atoms with Crippen LogP contribution in [0.5, 0.6) is 5.75 Å². The zero-order valence-corrected chi connectivity index (χ0v) is 23.9. The van der Waals surface area contributed by atoms with Gasteiger partial charge in [-0.2, -0.15) is 13.2 Å². The van der Waals surface area contributed by atoms with Gasteiger partial charge in [0.15, 0.2) is 11.6 Å². The number of benzene rings is 1. The van der Waals surface area contributed by atoms with E-state index in [1.54, 1.807) is 17.0 Å². The molecule has 1 N–H and O–H groups in total. The molecule has 6 rings (SSSR count). The van der Waals surface area contributed by atoms with Crippen molar-refractivity contribution in [2.24, 2.45) is 0 Å². The summed E-state index contributed by atoms with van der Waals surface area (Å²) >= 11 is 6.55. The molecule has 3 aromatic rings. The van der Waals surface area contributed by atoms with Crippen LogP contribution in [-0.4, -0.2) is 59.7 Å². The minimum Gasteiger partial charge on any atom is -0.489 e. The average molecular weight is 604 g/mol. The van der Waals surface area contributed by atoms with Crippen molar-refractivity contribution in [2.45, 2.75) is 50.8 Å². The molecule has 2 bridgehead atoms. The summed E-state index contributed by atoms with van der Waals surface area (Å²) in [7, 11) is 0. The molecule has 9 nitrogen and oxygen atoms in total. The molecule has 2 saturated heterocycles. The second-order valence-electron chi connectivity index (χ2n) is 11.4. The predicted molar refractivity (Wildman–Crippen MR) is 151 cm³/mol. The van der Waals surface area contributed by atoms with E-state index in [1.807, 2.05) is 20.8 Å². The molecule has 13 heteroatoms. The van der Waals surface area contributed by atoms with Crippen molar-refractivity contribution in [1.82, 2.24) is 9.97 Å². The Kier molecular flexibility index (Phi) is 6.98. The van der Waals surface area contributed by atoms with Gasteiger partial charge in [0.1, 0.15) is 18.0 Å². The minimum absolute atomic E-state index is 0.161. The Hall–Kier alpha value is -3.61. The molecule has 0 spiro atoms. The molecule has 2 fully saturated rings. The third kappa shape index (κ3) is 5.58. The van der Waals surface area contributed by atoms with Crippen LogP contribution in [0.4, 0.5) is 35.2 Å². The first-order chi connectivity index (χ1) is 19.8. The number of aromatic nitrogens is 2. The number of halogens is 4. The van der Waals surface area contributed by atoms with Gasteiger partial charge in [-0.05, 0) is 45.4 Å². The fourth-order valence-electron chi connectivity index (χ4n) is 5.57. The molecular formula is C29H29ClF3N5O4. The van der Waals surface area contributed by atoms with Crippen molar-refractivity contribution in [2.75, 3.05) is 41.4 Å². The molecular weight excluding hydrogens is 575 g/mol. The van der Waals surface area contributed by atoms with E-state index in [1.165, 1.54) is 24.5 Å². The number of anilines is 3. The third-order valence-corrected chi connectivity index (χ3v) is 7.73. The van der Waals surface area contributed by atoms with Gasteiger partial charge in [-0.1, -0.05) is 23.7 Å². The second kappa shape index (κ2) is 10.3. The smallest absolute Gasteiger partial charge is 0.416 e. The number of hydrogen-bond acceptors (Lipinski definition) is 7. The maximum absolute atomic E-state index is 13.7. The molecule has 0 saturated carbocycles. The van der Waals surface area contributed by atoms with Crippen LogP contribution in [0.2, 0.25) is 5.02 Å². The van der Waals surface area contributed by atoms with Crippen LogP contribution in [0.1, 0.15) is 32.8 Å². The first-order valence-electron chi connectivity index (χ1n) is 13.5. The van der Waals surface area contributed by atoms with Gasteiger partial charge in [-0.25, -0.2) is 9.78 Å². The lowest BCUT2D eigenvalue weighted by atomic mass is 10.1. The highest BCUT2D eigenvalue weighted by Crippen LogP contribution is 2.44. The maximum atomic E-state index is 13.7. The van der Waals surface area contributed by atoms with Crippen LogP contribution in [0.3, 0.4) is 0 Å². The van der Waals surface area contributed by atoms with Crippen LogP contribution < -0.4 is 19.9 Å². The molecule has 2 aromatic heterocycles. The molecule has 3 aliphatic heterocycles. The van der Waals surface area contributed by atoms with Crippen LogP contribution in [0, 0.1) is 0 Å². The molecule has 222 valence electrons. The van der Waals surface area contributed by atoms with Gasteiger partial charge >= 0.3 is 12.2 Å². The lowest BCUT2D eigenvalue weighted by Gasteiger charge is -2.36. The fourth-order valence-corrected chi connectivity index (χ4v) is 5.82. The summed E-state index contributed by atoms with van der Waals surface area (Å²) in [6.07, 6.45) is -0.791. The topological polar surface area (TPSA) is 89.1 Å². The largest absolute Gasteiger partial charge is 0.489 e. The van der Waals surface area contributed by atoms with Crippen molar-refractivity contribution < 1.29 is 32.2 Å². The number of nitrogens with zero attached hydrogens (tertiary/aromatic N) is 4. The first-order valence-corrected chi connectivity index (χ1v) is 13.8. The Morgan fingerprint density at radius 2 is 2.02 bits per heavy atom. The van der Waals surface area contributed by atoms with Gasteiger partial charge in [-0.3, -0.25) is 9.88 Å². The lowest BCUT2D eigenvalue weighted by molar-refractivity contribution is -0.162. The highest BCUT2D eigenvalue weighted by Gasteiger charge is 2.43. The lowest BCUT2D eigenvalue weighted by Crippen LogP contribution is -2.48. The number of rotatable bonds is 5. The highest BCUT2D eigenvalue weighted by molar-refractivity contribution is 6.33. The van der Waals surface area contributed by atoms with Crippen molar-refractivity contribution in [1.29, 1.82) is 0 Å². The number of carbonyl (C=O) groups is 1. The molecule has 2 amide bonds. The summed E-state index contributed by atoms with van der Waals surface area (Å²) in [5, 5.41) is 3.07. The van der Waals surface area contributed by atoms with E-state index in [2.05, 4.69) is 20.2 Å². The Morgan fingerprint density at radius 1 is 1.21 bits per heavy atom. The van der Waals surface area contributed by atoms with Crippen LogP contribution in [0.15, 0.2) is 48.8 Å². The Balaban J connectivity index is 1.25. The zero-order chi connectivity index (χ0) is 29.9. The molecule has 3 aliphatic rings. The summed E-state index contributed by atoms with van der Waals surface area (Å²) in [5.41, 5.74) is -0.0418. The van der Waals surface area contributed by atoms with Crippen LogP contribution in [-0.2, 0) is 15.7 Å². The Bertz CT molecular complexity index is 1540. The van der Waals surface area contributed by atoms with Gasteiger partial charge < -0.3 is 24.4 Å². The standard InChI is InChI=1S/C29H29ClF3N5O4/c1-27(2)41-16-28(3,42-27)15-40-21-10-19(12-34-13-21)35-26(39)38-20-7-8-37(14-20)23-11-22(30)24(36-25(23)38)17-5-4-6-18(9-17)29(31,32)33/h4-6,9-13,20H,7-8,14-16H2,1-3H3,(H,35,39)/t20-,28-/m0/s1. The van der Waals surface area contributed by atoms with E-state index >= 15 is 0 Å². The summed E-state index contributed by atoms with van der Waals surface area (Å²) in [6, 6.07) is 7.50. The number of hydrogen-bond donors (Lipinski definition) is 1. The van der Waals surface area contributed by atoms with E-state index in [9.17, 15) is 18.0 Å². The van der Waals surface area contributed by atoms with Gasteiger partial charge in [0.25, 0.3) is 0 Å². The molecule has 5 heterocycles. The second-order valence-corrected chi connectivity index (χ2v) is 11.8. The molecule has 0 radical (unpaired) electrons. The van der Waals surface area contributed by atoms with Crippen LogP contribution >= 0.6 is 11.6 Å². The number of amides is 2. The average Bonchev–Trinajstić information content (AvgIpc) is 3.48. The van der Waals surface area contributed by atoms with Crippen molar-refractivity contribution >= 4 is 34.8 Å². The highest BCUT2D eigenvalue weighted by atomic mass is 35.5. The number of urea groups is 1. The molecule has 2 atom stereocenters. The number of pyridine rings is 2. The van der Waals surface area contributed by atoms with Crippen molar-refractivity contribution in [3.63, 3.8) is 0 Å². The Labute approximate surface area is 245 Å². The first kappa shape index (κ1) is 28.5.